The Balaban J connectivity index is 3.00. The summed E-state index contributed by atoms with van der Waals surface area (Å²) in [6, 6.07) is 0. The van der Waals surface area contributed by atoms with Gasteiger partial charge in [-0.15, -0.1) is 0 Å². The third kappa shape index (κ3) is 2.13. The van der Waals surface area contributed by atoms with Crippen molar-refractivity contribution < 1.29 is 24.2 Å². The summed E-state index contributed by atoms with van der Waals surface area (Å²) in [5, 5.41) is 12.3. The second-order valence-corrected chi connectivity index (χ2v) is 5.60. The maximum atomic E-state index is 12.5. The molecule has 0 radical (unpaired) electrons. The maximum Gasteiger partial charge on any atom is 0.167 e. The highest BCUT2D eigenvalue weighted by Crippen LogP contribution is 2.44. The Morgan fingerprint density at radius 2 is 1.90 bits per heavy atom. The first-order valence-electron chi connectivity index (χ1n) is 6.82. The molecule has 0 N–H and O–H groups in total. The largest absolute Gasteiger partial charge is 0.869 e. The number of rotatable bonds is 3. The molecule has 0 saturated heterocycles. The Hall–Kier alpha value is -2.17. The summed E-state index contributed by atoms with van der Waals surface area (Å²) < 4.78 is 5.13. The number of carbonyl (C=O) groups excluding carboxylic acids is 3. The first-order chi connectivity index (χ1) is 9.84. The van der Waals surface area contributed by atoms with Gasteiger partial charge in [0, 0.05) is 34.6 Å². The van der Waals surface area contributed by atoms with Crippen molar-refractivity contribution >= 4 is 17.9 Å². The number of ketones is 2. The molecule has 112 valence electrons. The SMILES string of the molecule is COc1c([O-])c(C=O)c2c(c1C(C)C)C(=O)C(C)CC2=O. The Morgan fingerprint density at radius 3 is 2.38 bits per heavy atom. The van der Waals surface area contributed by atoms with Gasteiger partial charge >= 0.3 is 0 Å². The Bertz CT molecular complexity index is 643. The van der Waals surface area contributed by atoms with Crippen LogP contribution in [0.1, 0.15) is 69.7 Å². The second kappa shape index (κ2) is 5.31. The number of carbonyl (C=O) groups is 3. The van der Waals surface area contributed by atoms with Crippen molar-refractivity contribution in [2.24, 2.45) is 5.92 Å². The molecule has 0 bridgehead atoms. The second-order valence-electron chi connectivity index (χ2n) is 5.60. The molecule has 21 heavy (non-hydrogen) atoms. The molecule has 1 aromatic carbocycles. The molecule has 1 aliphatic carbocycles. The van der Waals surface area contributed by atoms with E-state index in [0.717, 1.165) is 0 Å². The molecule has 1 unspecified atom stereocenters. The van der Waals surface area contributed by atoms with Crippen LogP contribution in [0.5, 0.6) is 11.5 Å². The number of methoxy groups -OCH3 is 1. The zero-order chi connectivity index (χ0) is 15.9. The minimum Gasteiger partial charge on any atom is -0.869 e. The van der Waals surface area contributed by atoms with Gasteiger partial charge in [-0.2, -0.15) is 0 Å². The summed E-state index contributed by atoms with van der Waals surface area (Å²) in [6.07, 6.45) is 0.366. The van der Waals surface area contributed by atoms with Gasteiger partial charge in [-0.05, 0) is 5.92 Å². The van der Waals surface area contributed by atoms with Crippen LogP contribution in [-0.2, 0) is 0 Å². The van der Waals surface area contributed by atoms with Crippen LogP contribution in [0.4, 0.5) is 0 Å². The van der Waals surface area contributed by atoms with E-state index in [1.807, 2.05) is 13.8 Å². The molecule has 0 amide bonds. The predicted molar refractivity (Wildman–Crippen MR) is 74.4 cm³/mol. The van der Waals surface area contributed by atoms with Crippen LogP contribution in [0.25, 0.3) is 0 Å². The van der Waals surface area contributed by atoms with Gasteiger partial charge in [-0.3, -0.25) is 14.4 Å². The van der Waals surface area contributed by atoms with E-state index in [1.165, 1.54) is 7.11 Å². The van der Waals surface area contributed by atoms with E-state index < -0.39 is 11.7 Å². The van der Waals surface area contributed by atoms with Gasteiger partial charge in [0.15, 0.2) is 11.6 Å². The number of ether oxygens (including phenoxy) is 1. The van der Waals surface area contributed by atoms with Crippen molar-refractivity contribution in [3.63, 3.8) is 0 Å². The molecule has 0 heterocycles. The average molecular weight is 289 g/mol. The van der Waals surface area contributed by atoms with Gasteiger partial charge in [0.05, 0.1) is 7.11 Å². The predicted octanol–water partition coefficient (Wildman–Crippen LogP) is 2.11. The smallest absolute Gasteiger partial charge is 0.167 e. The van der Waals surface area contributed by atoms with E-state index in [1.54, 1.807) is 6.92 Å². The number of Topliss-reactive ketones (excluding diaryl/α,β-unsaturated/α-hetero) is 2. The third-order valence-corrected chi connectivity index (χ3v) is 3.85. The van der Waals surface area contributed by atoms with E-state index in [-0.39, 0.29) is 46.3 Å². The van der Waals surface area contributed by atoms with Crippen LogP contribution in [0, 0.1) is 5.92 Å². The minimum atomic E-state index is -0.620. The van der Waals surface area contributed by atoms with Crippen LogP contribution in [-0.4, -0.2) is 25.0 Å². The lowest BCUT2D eigenvalue weighted by Gasteiger charge is -2.30. The molecule has 1 aromatic rings. The molecule has 0 aliphatic heterocycles. The van der Waals surface area contributed by atoms with Crippen molar-refractivity contribution in [1.82, 2.24) is 0 Å². The van der Waals surface area contributed by atoms with Crippen LogP contribution in [0.3, 0.4) is 0 Å². The standard InChI is InChI=1S/C16H18O5/c1-7(2)11-13-12(10(18)5-8(3)14(13)19)9(6-17)15(20)16(11)21-4/h6-8,20H,5H2,1-4H3/p-1. The highest BCUT2D eigenvalue weighted by Gasteiger charge is 2.36. The highest BCUT2D eigenvalue weighted by molar-refractivity contribution is 6.19. The number of benzene rings is 1. The van der Waals surface area contributed by atoms with Gasteiger partial charge in [0.1, 0.15) is 12.0 Å². The molecule has 0 spiro atoms. The lowest BCUT2D eigenvalue weighted by molar-refractivity contribution is -0.270. The highest BCUT2D eigenvalue weighted by atomic mass is 16.5. The summed E-state index contributed by atoms with van der Waals surface area (Å²) >= 11 is 0. The van der Waals surface area contributed by atoms with Crippen molar-refractivity contribution in [3.05, 3.63) is 22.3 Å². The van der Waals surface area contributed by atoms with Crippen molar-refractivity contribution in [1.29, 1.82) is 0 Å². The molecule has 0 aromatic heterocycles. The molecule has 2 rings (SSSR count). The first kappa shape index (κ1) is 15.2. The molecule has 5 heteroatoms. The molecule has 1 atom stereocenters. The average Bonchev–Trinajstić information content (AvgIpc) is 2.43. The third-order valence-electron chi connectivity index (χ3n) is 3.85. The maximum absolute atomic E-state index is 12.5. The lowest BCUT2D eigenvalue weighted by atomic mass is 9.76. The molecular weight excluding hydrogens is 272 g/mol. The van der Waals surface area contributed by atoms with E-state index in [4.69, 9.17) is 4.74 Å². The van der Waals surface area contributed by atoms with Gasteiger partial charge < -0.3 is 9.84 Å². The lowest BCUT2D eigenvalue weighted by Crippen LogP contribution is -2.29. The van der Waals surface area contributed by atoms with Gasteiger partial charge in [0.2, 0.25) is 0 Å². The number of hydrogen-bond donors (Lipinski definition) is 0. The summed E-state index contributed by atoms with van der Waals surface area (Å²) in [7, 11) is 1.32. The fraction of sp³-hybridized carbons (Fsp3) is 0.438. The van der Waals surface area contributed by atoms with Gasteiger partial charge in [-0.25, -0.2) is 0 Å². The minimum absolute atomic E-state index is 0.0129. The van der Waals surface area contributed by atoms with Crippen LogP contribution in [0.2, 0.25) is 0 Å². The number of hydrogen-bond acceptors (Lipinski definition) is 5. The zero-order valence-corrected chi connectivity index (χ0v) is 12.5. The summed E-state index contributed by atoms with van der Waals surface area (Å²) in [5.41, 5.74) is 0.319. The van der Waals surface area contributed by atoms with E-state index in [0.29, 0.717) is 11.8 Å². The molecule has 1 aliphatic rings. The fourth-order valence-corrected chi connectivity index (χ4v) is 2.87. The number of fused-ring (bicyclic) bond motifs is 1. The van der Waals surface area contributed by atoms with Crippen molar-refractivity contribution in [3.8, 4) is 11.5 Å². The Labute approximate surface area is 122 Å². The fourth-order valence-electron chi connectivity index (χ4n) is 2.87. The van der Waals surface area contributed by atoms with Crippen molar-refractivity contribution in [2.45, 2.75) is 33.1 Å². The number of aldehydes is 1. The molecule has 0 saturated carbocycles. The monoisotopic (exact) mass is 289 g/mol. The molecule has 5 nitrogen and oxygen atoms in total. The first-order valence-corrected chi connectivity index (χ1v) is 6.82. The van der Waals surface area contributed by atoms with E-state index >= 15 is 0 Å². The Kier molecular flexibility index (Phi) is 3.85. The zero-order valence-electron chi connectivity index (χ0n) is 12.5. The molecule has 0 fully saturated rings. The topological polar surface area (TPSA) is 83.5 Å². The normalized spacial score (nSPS) is 17.9. The van der Waals surface area contributed by atoms with Gasteiger partial charge in [0.25, 0.3) is 0 Å². The summed E-state index contributed by atoms with van der Waals surface area (Å²) in [5.74, 6) is -1.81. The summed E-state index contributed by atoms with van der Waals surface area (Å²) in [6.45, 7) is 5.30. The summed E-state index contributed by atoms with van der Waals surface area (Å²) in [4.78, 5) is 36.0. The van der Waals surface area contributed by atoms with Crippen LogP contribution >= 0.6 is 0 Å². The van der Waals surface area contributed by atoms with Crippen molar-refractivity contribution in [2.75, 3.05) is 7.11 Å². The molecular formula is C16H17O5-. The Morgan fingerprint density at radius 1 is 1.29 bits per heavy atom. The van der Waals surface area contributed by atoms with Crippen LogP contribution in [0.15, 0.2) is 0 Å². The van der Waals surface area contributed by atoms with E-state index in [9.17, 15) is 19.5 Å². The van der Waals surface area contributed by atoms with Gasteiger partial charge in [-0.1, -0.05) is 26.5 Å². The van der Waals surface area contributed by atoms with Crippen LogP contribution < -0.4 is 9.84 Å². The quantitative estimate of drug-likeness (QED) is 0.796. The van der Waals surface area contributed by atoms with E-state index in [2.05, 4.69) is 0 Å².